The van der Waals surface area contributed by atoms with E-state index < -0.39 is 0 Å². The number of hydrogen-bond acceptors (Lipinski definition) is 2. The topological polar surface area (TPSA) is 55.1 Å². The van der Waals surface area contributed by atoms with E-state index in [-0.39, 0.29) is 17.8 Å². The van der Waals surface area contributed by atoms with Crippen LogP contribution in [0.25, 0.3) is 0 Å². The number of benzene rings is 2. The van der Waals surface area contributed by atoms with Crippen LogP contribution in [0.4, 0.5) is 10.1 Å². The average molecular weight is 307 g/mol. The van der Waals surface area contributed by atoms with E-state index >= 15 is 0 Å². The van der Waals surface area contributed by atoms with Gasteiger partial charge in [0.1, 0.15) is 5.82 Å². The minimum atomic E-state index is -0.344. The normalized spacial score (nSPS) is 12.0. The highest BCUT2D eigenvalue weighted by Gasteiger charge is 2.15. The number of carbonyl (C=O) groups excluding carboxylic acids is 1. The van der Waals surface area contributed by atoms with Crippen LogP contribution in [-0.2, 0) is 0 Å². The Balaban J connectivity index is 2.18. The molecule has 3 nitrogen and oxygen atoms in total. The first-order chi connectivity index (χ1) is 9.88. The van der Waals surface area contributed by atoms with Gasteiger partial charge in [-0.3, -0.25) is 4.79 Å². The predicted molar refractivity (Wildman–Crippen MR) is 82.9 cm³/mol. The summed E-state index contributed by atoms with van der Waals surface area (Å²) in [5.74, 6) is -0.639. The maximum absolute atomic E-state index is 13.6. The van der Waals surface area contributed by atoms with E-state index in [9.17, 15) is 9.18 Å². The Hall–Kier alpha value is -2.07. The number of amides is 1. The third-order valence-electron chi connectivity index (χ3n) is 3.30. The lowest BCUT2D eigenvalue weighted by Crippen LogP contribution is -2.27. The highest BCUT2D eigenvalue weighted by atomic mass is 35.5. The van der Waals surface area contributed by atoms with Crippen LogP contribution in [0.15, 0.2) is 36.4 Å². The minimum Gasteiger partial charge on any atom is -0.398 e. The van der Waals surface area contributed by atoms with E-state index in [4.69, 9.17) is 17.3 Å². The van der Waals surface area contributed by atoms with Gasteiger partial charge in [0.25, 0.3) is 5.91 Å². The van der Waals surface area contributed by atoms with Gasteiger partial charge in [-0.05, 0) is 49.2 Å². The van der Waals surface area contributed by atoms with Gasteiger partial charge in [0.15, 0.2) is 0 Å². The van der Waals surface area contributed by atoms with Crippen LogP contribution in [0.2, 0.25) is 5.02 Å². The summed E-state index contributed by atoms with van der Waals surface area (Å²) >= 11 is 5.87. The zero-order valence-corrected chi connectivity index (χ0v) is 12.5. The molecule has 2 aromatic carbocycles. The molecule has 2 aromatic rings. The van der Waals surface area contributed by atoms with Gasteiger partial charge < -0.3 is 11.1 Å². The number of nitrogens with two attached hydrogens (primary N) is 1. The molecule has 0 spiro atoms. The second kappa shape index (κ2) is 6.14. The standard InChI is InChI=1S/C16H16ClFN2O/c1-9-3-4-11(7-14(9)18)10(2)20-16(21)13-8-12(17)5-6-15(13)19/h3-8,10H,19H2,1-2H3,(H,20,21). The number of hydrogen-bond donors (Lipinski definition) is 2. The van der Waals surface area contributed by atoms with Crippen molar-refractivity contribution < 1.29 is 9.18 Å². The zero-order valence-electron chi connectivity index (χ0n) is 11.8. The molecule has 1 atom stereocenters. The summed E-state index contributed by atoms with van der Waals surface area (Å²) in [6, 6.07) is 9.24. The number of halogens is 2. The molecule has 0 fully saturated rings. The first-order valence-corrected chi connectivity index (χ1v) is 6.88. The Morgan fingerprint density at radius 1 is 1.29 bits per heavy atom. The lowest BCUT2D eigenvalue weighted by molar-refractivity contribution is 0.0940. The van der Waals surface area contributed by atoms with Gasteiger partial charge in [-0.1, -0.05) is 23.7 Å². The van der Waals surface area contributed by atoms with Gasteiger partial charge in [0.05, 0.1) is 11.6 Å². The molecule has 21 heavy (non-hydrogen) atoms. The highest BCUT2D eigenvalue weighted by molar-refractivity contribution is 6.31. The summed E-state index contributed by atoms with van der Waals surface area (Å²) < 4.78 is 13.6. The van der Waals surface area contributed by atoms with E-state index in [0.717, 1.165) is 0 Å². The molecule has 110 valence electrons. The molecule has 1 amide bonds. The second-order valence-electron chi connectivity index (χ2n) is 4.94. The summed E-state index contributed by atoms with van der Waals surface area (Å²) in [5, 5.41) is 3.22. The Labute approximate surface area is 127 Å². The Morgan fingerprint density at radius 2 is 2.00 bits per heavy atom. The van der Waals surface area contributed by atoms with Crippen molar-refractivity contribution in [2.75, 3.05) is 5.73 Å². The molecule has 0 aliphatic rings. The summed E-state index contributed by atoms with van der Waals surface area (Å²) in [5.41, 5.74) is 7.68. The van der Waals surface area contributed by atoms with E-state index in [2.05, 4.69) is 5.32 Å². The number of carbonyl (C=O) groups is 1. The fourth-order valence-corrected chi connectivity index (χ4v) is 2.13. The number of anilines is 1. The Bertz CT molecular complexity index is 688. The summed E-state index contributed by atoms with van der Waals surface area (Å²) in [4.78, 5) is 12.2. The fourth-order valence-electron chi connectivity index (χ4n) is 1.96. The van der Waals surface area contributed by atoms with Gasteiger partial charge >= 0.3 is 0 Å². The van der Waals surface area contributed by atoms with Crippen LogP contribution in [0.3, 0.4) is 0 Å². The molecule has 2 rings (SSSR count). The largest absolute Gasteiger partial charge is 0.398 e. The van der Waals surface area contributed by atoms with Gasteiger partial charge in [-0.2, -0.15) is 0 Å². The molecule has 0 aromatic heterocycles. The van der Waals surface area contributed by atoms with Crippen molar-refractivity contribution >= 4 is 23.2 Å². The van der Waals surface area contributed by atoms with E-state index in [1.807, 2.05) is 0 Å². The molecule has 0 saturated heterocycles. The maximum Gasteiger partial charge on any atom is 0.253 e. The molecule has 0 saturated carbocycles. The van der Waals surface area contributed by atoms with Crippen LogP contribution < -0.4 is 11.1 Å². The summed E-state index contributed by atoms with van der Waals surface area (Å²) in [6.45, 7) is 3.47. The minimum absolute atomic E-state index is 0.295. The third-order valence-corrected chi connectivity index (χ3v) is 3.54. The van der Waals surface area contributed by atoms with Crippen LogP contribution in [-0.4, -0.2) is 5.91 Å². The molecule has 5 heteroatoms. The highest BCUT2D eigenvalue weighted by Crippen LogP contribution is 2.20. The molecule has 3 N–H and O–H groups in total. The monoisotopic (exact) mass is 306 g/mol. The molecule has 0 heterocycles. The Morgan fingerprint density at radius 3 is 2.67 bits per heavy atom. The summed E-state index contributed by atoms with van der Waals surface area (Å²) in [6.07, 6.45) is 0. The predicted octanol–water partition coefficient (Wildman–Crippen LogP) is 3.86. The molecule has 0 bridgehead atoms. The van der Waals surface area contributed by atoms with Gasteiger partial charge in [0.2, 0.25) is 0 Å². The average Bonchev–Trinajstić information content (AvgIpc) is 2.44. The van der Waals surface area contributed by atoms with Crippen LogP contribution in [0.5, 0.6) is 0 Å². The molecule has 0 aliphatic heterocycles. The molecular formula is C16H16ClFN2O. The van der Waals surface area contributed by atoms with Crippen molar-refractivity contribution in [2.24, 2.45) is 0 Å². The van der Waals surface area contributed by atoms with Gasteiger partial charge in [0, 0.05) is 10.7 Å². The van der Waals surface area contributed by atoms with Crippen LogP contribution in [0.1, 0.15) is 34.5 Å². The van der Waals surface area contributed by atoms with Crippen molar-refractivity contribution in [1.82, 2.24) is 5.32 Å². The number of aryl methyl sites for hydroxylation is 1. The second-order valence-corrected chi connectivity index (χ2v) is 5.37. The molecule has 0 radical (unpaired) electrons. The van der Waals surface area contributed by atoms with E-state index in [1.165, 1.54) is 12.1 Å². The summed E-state index contributed by atoms with van der Waals surface area (Å²) in [7, 11) is 0. The maximum atomic E-state index is 13.6. The van der Waals surface area contributed by atoms with Gasteiger partial charge in [-0.15, -0.1) is 0 Å². The first-order valence-electron chi connectivity index (χ1n) is 6.50. The third kappa shape index (κ3) is 3.52. The van der Waals surface area contributed by atoms with Crippen molar-refractivity contribution in [3.8, 4) is 0 Å². The molecular weight excluding hydrogens is 291 g/mol. The number of rotatable bonds is 3. The smallest absolute Gasteiger partial charge is 0.253 e. The SMILES string of the molecule is Cc1ccc(C(C)NC(=O)c2cc(Cl)ccc2N)cc1F. The van der Waals surface area contributed by atoms with Crippen molar-refractivity contribution in [3.05, 3.63) is 63.9 Å². The van der Waals surface area contributed by atoms with Gasteiger partial charge in [-0.25, -0.2) is 4.39 Å². The quantitative estimate of drug-likeness (QED) is 0.846. The lowest BCUT2D eigenvalue weighted by atomic mass is 10.1. The molecule has 0 aliphatic carbocycles. The van der Waals surface area contributed by atoms with E-state index in [0.29, 0.717) is 27.4 Å². The van der Waals surface area contributed by atoms with Crippen LogP contribution >= 0.6 is 11.6 Å². The van der Waals surface area contributed by atoms with Crippen molar-refractivity contribution in [1.29, 1.82) is 0 Å². The molecule has 1 unspecified atom stereocenters. The zero-order chi connectivity index (χ0) is 15.6. The number of nitrogens with one attached hydrogen (secondary N) is 1. The van der Waals surface area contributed by atoms with Crippen LogP contribution in [0, 0.1) is 12.7 Å². The number of nitrogen functional groups attached to an aromatic ring is 1. The van der Waals surface area contributed by atoms with Crippen molar-refractivity contribution in [2.45, 2.75) is 19.9 Å². The van der Waals surface area contributed by atoms with E-state index in [1.54, 1.807) is 38.1 Å². The Kier molecular flexibility index (Phi) is 4.48. The fraction of sp³-hybridized carbons (Fsp3) is 0.188. The lowest BCUT2D eigenvalue weighted by Gasteiger charge is -2.16. The first kappa shape index (κ1) is 15.3. The van der Waals surface area contributed by atoms with Crippen molar-refractivity contribution in [3.63, 3.8) is 0 Å².